The topological polar surface area (TPSA) is 443 Å². The number of cyclic esters (lactones) is 1. The molecule has 17 atom stereocenters. The number of esters is 1. The average Bonchev–Trinajstić information content (AvgIpc) is 3.34. The summed E-state index contributed by atoms with van der Waals surface area (Å²) < 4.78 is 5.73. The van der Waals surface area contributed by atoms with Crippen molar-refractivity contribution in [1.29, 1.82) is 0 Å². The first kappa shape index (κ1) is 73.3. The highest BCUT2D eigenvalue weighted by molar-refractivity contribution is 5.99. The van der Waals surface area contributed by atoms with Gasteiger partial charge in [0, 0.05) is 6.42 Å². The lowest BCUT2D eigenvalue weighted by atomic mass is 9.94. The fourth-order valence-corrected chi connectivity index (χ4v) is 9.43. The van der Waals surface area contributed by atoms with Crippen LogP contribution in [0.4, 0.5) is 0 Å². The highest BCUT2D eigenvalue weighted by Gasteiger charge is 2.41. The molecular formula is C58H95N15O14. The monoisotopic (exact) mass is 1230 g/mol. The number of primary amides is 1. The van der Waals surface area contributed by atoms with Crippen molar-refractivity contribution in [2.24, 2.45) is 40.1 Å². The van der Waals surface area contributed by atoms with E-state index in [2.05, 4.69) is 68.8 Å². The molecule has 2 aliphatic rings. The van der Waals surface area contributed by atoms with E-state index in [4.69, 9.17) is 16.2 Å². The number of hydrogen-bond acceptors (Lipinski definition) is 18. The maximum absolute atomic E-state index is 14.4. The lowest BCUT2D eigenvalue weighted by Crippen LogP contribution is -2.63. The van der Waals surface area contributed by atoms with E-state index in [9.17, 15) is 62.6 Å². The number of carbonyl (C=O) groups is 12. The van der Waals surface area contributed by atoms with E-state index >= 15 is 0 Å². The smallest absolute Gasteiger partial charge is 0.329 e. The molecule has 0 aliphatic carbocycles. The SMILES string of the molecule is CCC(C)C(NC(=O)C(Cc1ccccc1)NC)C(=O)NC(C)C(=O)NC(CCC(N)=O)C(=O)NC(C(=O)NC(C(=O)NC(CO)C(=O)NC1C(=O)NC(C)C(=O)NC(CC2CN=C(N)N2)C(=O)NC(C(C)CC)C(=O)OC1C)C(C)CC)C(C)CC. The van der Waals surface area contributed by atoms with Crippen LogP contribution < -0.4 is 75.3 Å². The summed E-state index contributed by atoms with van der Waals surface area (Å²) in [5, 5.41) is 42.3. The quantitative estimate of drug-likeness (QED) is 0.0325. The molecule has 0 spiro atoms. The lowest BCUT2D eigenvalue weighted by Gasteiger charge is -2.31. The fourth-order valence-electron chi connectivity index (χ4n) is 9.43. The normalized spacial score (nSPS) is 22.8. The minimum Gasteiger partial charge on any atom is -0.458 e. The van der Waals surface area contributed by atoms with Crippen LogP contribution in [0.1, 0.15) is 127 Å². The number of benzene rings is 1. The van der Waals surface area contributed by atoms with Crippen molar-refractivity contribution in [1.82, 2.24) is 63.8 Å². The summed E-state index contributed by atoms with van der Waals surface area (Å²) in [6, 6.07) is -5.94. The van der Waals surface area contributed by atoms with Crippen molar-refractivity contribution in [2.75, 3.05) is 20.2 Å². The molecule has 11 amide bonds. The molecule has 0 saturated carbocycles. The Morgan fingerprint density at radius 2 is 1.17 bits per heavy atom. The van der Waals surface area contributed by atoms with E-state index < -0.39 is 174 Å². The van der Waals surface area contributed by atoms with Crippen molar-refractivity contribution in [3.8, 4) is 0 Å². The molecule has 2 aliphatic heterocycles. The van der Waals surface area contributed by atoms with Crippen molar-refractivity contribution < 1.29 is 67.4 Å². The maximum Gasteiger partial charge on any atom is 0.329 e. The largest absolute Gasteiger partial charge is 0.458 e. The van der Waals surface area contributed by atoms with Crippen LogP contribution in [0, 0.1) is 23.7 Å². The van der Waals surface area contributed by atoms with Gasteiger partial charge in [-0.15, -0.1) is 0 Å². The minimum atomic E-state index is -1.81. The molecule has 0 radical (unpaired) electrons. The van der Waals surface area contributed by atoms with Gasteiger partial charge >= 0.3 is 5.97 Å². The molecule has 29 heteroatoms. The van der Waals surface area contributed by atoms with E-state index in [0.717, 1.165) is 5.56 Å². The molecule has 1 aromatic rings. The number of carbonyl (C=O) groups excluding carboxylic acids is 12. The van der Waals surface area contributed by atoms with Crippen LogP contribution in [0.5, 0.6) is 0 Å². The molecule has 29 nitrogen and oxygen atoms in total. The van der Waals surface area contributed by atoms with Gasteiger partial charge in [-0.2, -0.15) is 0 Å². The minimum absolute atomic E-state index is 0.00403. The Morgan fingerprint density at radius 1 is 0.644 bits per heavy atom. The first-order valence-corrected chi connectivity index (χ1v) is 29.9. The molecule has 87 heavy (non-hydrogen) atoms. The Hall–Kier alpha value is -7.95. The summed E-state index contributed by atoms with van der Waals surface area (Å²) in [5.74, 6) is -12.3. The summed E-state index contributed by atoms with van der Waals surface area (Å²) in [5.41, 5.74) is 12.1. The number of nitrogens with zero attached hydrogens (tertiary/aromatic N) is 1. The van der Waals surface area contributed by atoms with E-state index in [0.29, 0.717) is 25.7 Å². The molecule has 2 heterocycles. The number of ether oxygens (including phenoxy) is 1. The molecule has 17 N–H and O–H groups in total. The van der Waals surface area contributed by atoms with Crippen LogP contribution >= 0.6 is 0 Å². The zero-order valence-corrected chi connectivity index (χ0v) is 52.1. The number of aliphatic hydroxyl groups is 1. The first-order valence-electron chi connectivity index (χ1n) is 29.9. The molecule has 1 saturated heterocycles. The predicted octanol–water partition coefficient (Wildman–Crippen LogP) is -3.23. The van der Waals surface area contributed by atoms with Gasteiger partial charge in [-0.25, -0.2) is 4.79 Å². The zero-order valence-electron chi connectivity index (χ0n) is 52.1. The van der Waals surface area contributed by atoms with Gasteiger partial charge in [0.15, 0.2) is 5.96 Å². The van der Waals surface area contributed by atoms with Crippen LogP contribution in [0.2, 0.25) is 0 Å². The van der Waals surface area contributed by atoms with Gasteiger partial charge < -0.3 is 85.1 Å². The van der Waals surface area contributed by atoms with E-state index in [1.807, 2.05) is 37.3 Å². The van der Waals surface area contributed by atoms with Crippen LogP contribution in [-0.4, -0.2) is 181 Å². The second-order valence-electron chi connectivity index (χ2n) is 22.8. The van der Waals surface area contributed by atoms with Gasteiger partial charge in [-0.3, -0.25) is 57.7 Å². The lowest BCUT2D eigenvalue weighted by molar-refractivity contribution is -0.157. The second kappa shape index (κ2) is 35.6. The average molecular weight is 1230 g/mol. The summed E-state index contributed by atoms with van der Waals surface area (Å²) in [6.07, 6.45) is -0.441. The van der Waals surface area contributed by atoms with Gasteiger partial charge in [0.2, 0.25) is 65.0 Å². The number of amides is 11. The van der Waals surface area contributed by atoms with Crippen LogP contribution in [-0.2, 0) is 68.7 Å². The van der Waals surface area contributed by atoms with Crippen molar-refractivity contribution >= 4 is 76.9 Å². The molecule has 17 unspecified atom stereocenters. The number of aliphatic hydroxyl groups excluding tert-OH is 1. The third kappa shape index (κ3) is 22.4. The van der Waals surface area contributed by atoms with Crippen molar-refractivity contribution in [2.45, 2.75) is 206 Å². The summed E-state index contributed by atoms with van der Waals surface area (Å²) in [7, 11) is 1.62. The highest BCUT2D eigenvalue weighted by Crippen LogP contribution is 2.18. The fraction of sp³-hybridized carbons (Fsp3) is 0.672. The van der Waals surface area contributed by atoms with Crippen molar-refractivity contribution in [3.05, 3.63) is 35.9 Å². The predicted molar refractivity (Wildman–Crippen MR) is 321 cm³/mol. The Balaban J connectivity index is 1.83. The number of guanidine groups is 1. The number of rotatable bonds is 31. The van der Waals surface area contributed by atoms with Crippen LogP contribution in [0.15, 0.2) is 35.3 Å². The third-order valence-corrected chi connectivity index (χ3v) is 16.1. The highest BCUT2D eigenvalue weighted by atomic mass is 16.5. The standard InChI is InChI=1S/C58H95N15O14/c1-13-28(5)42(70-50(79)38(61-12)24-35-20-18-17-19-21-35)53(82)63-32(9)47(76)66-37(22-23-41(59)75)49(78)69-44(30(7)15-3)55(84)71-43(29(6)14-2)54(83)68-40(27-74)52(81)73-46-34(11)87-57(86)45(31(8)16-4)72-51(80)39(25-36-26-62-58(60)65-36)67-48(77)33(10)64-56(46)85/h17-21,28-34,36-40,42-46,61,74H,13-16,22-27H2,1-12H3,(H2,59,75)(H,63,82)(H,64,85)(H,66,76)(H,67,77)(H,68,83)(H,69,78)(H,70,79)(H,71,84)(H,72,80)(H,73,81)(H3,60,62,65). The van der Waals surface area contributed by atoms with Gasteiger partial charge in [-0.1, -0.05) is 111 Å². The van der Waals surface area contributed by atoms with Crippen LogP contribution in [0.25, 0.3) is 0 Å². The van der Waals surface area contributed by atoms with Crippen molar-refractivity contribution in [3.63, 3.8) is 0 Å². The van der Waals surface area contributed by atoms with E-state index in [1.165, 1.54) is 20.8 Å². The molecule has 0 bridgehead atoms. The first-order chi connectivity index (χ1) is 41.0. The Labute approximate surface area is 508 Å². The molecular weight excluding hydrogens is 1130 g/mol. The number of likely N-dealkylation sites (N-methyl/N-ethyl adjacent to an activating group) is 1. The molecule has 1 aromatic carbocycles. The summed E-state index contributed by atoms with van der Waals surface area (Å²) in [6.45, 7) is 16.9. The van der Waals surface area contributed by atoms with Gasteiger partial charge in [-0.05, 0) is 76.3 Å². The molecule has 3 rings (SSSR count). The Kier molecular flexibility index (Phi) is 30.0. The van der Waals surface area contributed by atoms with E-state index in [-0.39, 0.29) is 44.1 Å². The summed E-state index contributed by atoms with van der Waals surface area (Å²) in [4.78, 5) is 169. The Bertz CT molecular complexity index is 2590. The number of nitrogens with one attached hydrogen (secondary N) is 12. The number of hydrogen-bond donors (Lipinski definition) is 15. The second-order valence-corrected chi connectivity index (χ2v) is 22.8. The molecule has 1 fully saturated rings. The van der Waals surface area contributed by atoms with Gasteiger partial charge in [0.25, 0.3) is 0 Å². The van der Waals surface area contributed by atoms with Gasteiger partial charge in [0.05, 0.1) is 25.2 Å². The zero-order chi connectivity index (χ0) is 65.4. The Morgan fingerprint density at radius 3 is 1.68 bits per heavy atom. The van der Waals surface area contributed by atoms with E-state index in [1.54, 1.807) is 55.5 Å². The van der Waals surface area contributed by atoms with Crippen LogP contribution in [0.3, 0.4) is 0 Å². The maximum atomic E-state index is 14.4. The molecule has 0 aromatic heterocycles. The van der Waals surface area contributed by atoms with Gasteiger partial charge in [0.1, 0.15) is 66.5 Å². The number of aliphatic imine (C=N–C) groups is 1. The summed E-state index contributed by atoms with van der Waals surface area (Å²) >= 11 is 0. The molecule has 486 valence electrons. The third-order valence-electron chi connectivity index (χ3n) is 16.1. The number of nitrogens with two attached hydrogens (primary N) is 2.